The van der Waals surface area contributed by atoms with E-state index in [2.05, 4.69) is 35.3 Å². The first-order valence-electron chi connectivity index (χ1n) is 8.91. The van der Waals surface area contributed by atoms with E-state index in [1.54, 1.807) is 11.3 Å². The number of amides is 1. The van der Waals surface area contributed by atoms with E-state index in [1.165, 1.54) is 5.56 Å². The predicted octanol–water partition coefficient (Wildman–Crippen LogP) is 5.85. The lowest BCUT2D eigenvalue weighted by molar-refractivity contribution is 0.0989. The van der Waals surface area contributed by atoms with Crippen LogP contribution in [0, 0.1) is 6.92 Å². The van der Waals surface area contributed by atoms with Gasteiger partial charge in [-0.2, -0.15) is 5.10 Å². The van der Waals surface area contributed by atoms with Crippen LogP contribution in [0.1, 0.15) is 32.5 Å². The van der Waals surface area contributed by atoms with Gasteiger partial charge in [-0.1, -0.05) is 47.5 Å². The predicted molar refractivity (Wildman–Crippen MR) is 113 cm³/mol. The van der Waals surface area contributed by atoms with Crippen LogP contribution >= 0.6 is 22.9 Å². The molecule has 0 spiro atoms. The number of fused-ring (bicyclic) bond motifs is 1. The molecule has 1 aliphatic rings. The zero-order valence-corrected chi connectivity index (χ0v) is 16.6. The molecule has 138 valence electrons. The normalized spacial score (nSPS) is 15.9. The summed E-state index contributed by atoms with van der Waals surface area (Å²) in [7, 11) is 0. The topological polar surface area (TPSA) is 49.0 Å². The van der Waals surface area contributed by atoms with Gasteiger partial charge in [0.25, 0.3) is 5.91 Å². The molecular formula is C22H16ClN3OS. The van der Waals surface area contributed by atoms with Crippen molar-refractivity contribution in [3.63, 3.8) is 0 Å². The van der Waals surface area contributed by atoms with Crippen molar-refractivity contribution in [2.75, 3.05) is 4.90 Å². The van der Waals surface area contributed by atoms with Crippen LogP contribution in [0.4, 0.5) is 5.69 Å². The molecule has 0 radical (unpaired) electrons. The number of carbonyl (C=O) groups excluding carboxylic acids is 1. The van der Waals surface area contributed by atoms with Crippen LogP contribution in [0.3, 0.4) is 0 Å². The summed E-state index contributed by atoms with van der Waals surface area (Å²) in [6.07, 6.45) is 0. The molecule has 3 heterocycles. The number of anilines is 1. The monoisotopic (exact) mass is 405 g/mol. The Morgan fingerprint density at radius 1 is 1.07 bits per heavy atom. The standard InChI is InChI=1S/C22H16ClN3OS/c1-13-4-6-14(7-5-13)19-18-20(25-24-19)22(27)26(16-10-8-15(23)9-11-16)21(18)17-3-2-12-28-17/h2-12,21H,1H3,(H,24,25)/t21-/m1/s1. The van der Waals surface area contributed by atoms with Gasteiger partial charge in [-0.25, -0.2) is 0 Å². The van der Waals surface area contributed by atoms with Gasteiger partial charge in [0, 0.05) is 26.7 Å². The summed E-state index contributed by atoms with van der Waals surface area (Å²) in [6, 6.07) is 19.4. The summed E-state index contributed by atoms with van der Waals surface area (Å²) in [5.41, 5.74) is 5.28. The van der Waals surface area contributed by atoms with Crippen LogP contribution in [0.5, 0.6) is 0 Å². The summed E-state index contributed by atoms with van der Waals surface area (Å²) in [4.78, 5) is 16.2. The number of aryl methyl sites for hydroxylation is 1. The summed E-state index contributed by atoms with van der Waals surface area (Å²) in [5, 5.41) is 10.2. The number of hydrogen-bond donors (Lipinski definition) is 1. The molecule has 0 aliphatic carbocycles. The molecule has 0 bridgehead atoms. The Morgan fingerprint density at radius 3 is 2.50 bits per heavy atom. The number of halogens is 1. The second kappa shape index (κ2) is 6.62. The Bertz CT molecular complexity index is 1150. The summed E-state index contributed by atoms with van der Waals surface area (Å²) in [6.45, 7) is 2.05. The van der Waals surface area contributed by atoms with Crippen LogP contribution in [-0.2, 0) is 0 Å². The third kappa shape index (κ3) is 2.66. The van der Waals surface area contributed by atoms with Crippen molar-refractivity contribution in [2.24, 2.45) is 0 Å². The smallest absolute Gasteiger partial charge is 0.277 e. The number of nitrogens with one attached hydrogen (secondary N) is 1. The SMILES string of the molecule is Cc1ccc(-c2n[nH]c3c2[C@@H](c2cccs2)N(c2ccc(Cl)cc2)C3=O)cc1. The van der Waals surface area contributed by atoms with Crippen molar-refractivity contribution in [1.29, 1.82) is 0 Å². The molecule has 5 rings (SSSR count). The van der Waals surface area contributed by atoms with Gasteiger partial charge in [0.05, 0.1) is 5.69 Å². The lowest BCUT2D eigenvalue weighted by Crippen LogP contribution is -2.28. The maximum absolute atomic E-state index is 13.3. The molecular weight excluding hydrogens is 390 g/mol. The summed E-state index contributed by atoms with van der Waals surface area (Å²) < 4.78 is 0. The van der Waals surface area contributed by atoms with Crippen molar-refractivity contribution in [3.8, 4) is 11.3 Å². The van der Waals surface area contributed by atoms with Crippen LogP contribution in [0.25, 0.3) is 11.3 Å². The maximum atomic E-state index is 13.3. The van der Waals surface area contributed by atoms with E-state index in [-0.39, 0.29) is 11.9 Å². The first-order valence-corrected chi connectivity index (χ1v) is 10.2. The van der Waals surface area contributed by atoms with Crippen molar-refractivity contribution < 1.29 is 4.79 Å². The van der Waals surface area contributed by atoms with Crippen molar-refractivity contribution in [1.82, 2.24) is 10.2 Å². The van der Waals surface area contributed by atoms with Crippen LogP contribution < -0.4 is 4.90 Å². The molecule has 0 fully saturated rings. The minimum absolute atomic E-state index is 0.0819. The largest absolute Gasteiger partial charge is 0.294 e. The van der Waals surface area contributed by atoms with E-state index in [0.29, 0.717) is 10.7 Å². The number of hydrogen-bond acceptors (Lipinski definition) is 3. The quantitative estimate of drug-likeness (QED) is 0.464. The molecule has 2 aromatic heterocycles. The van der Waals surface area contributed by atoms with E-state index in [0.717, 1.165) is 27.4 Å². The fraction of sp³-hybridized carbons (Fsp3) is 0.0909. The van der Waals surface area contributed by atoms with Gasteiger partial charge in [-0.05, 0) is 42.6 Å². The Balaban J connectivity index is 1.70. The Kier molecular flexibility index (Phi) is 4.07. The molecule has 0 saturated carbocycles. The molecule has 1 atom stereocenters. The molecule has 4 aromatic rings. The van der Waals surface area contributed by atoms with Crippen molar-refractivity contribution in [2.45, 2.75) is 13.0 Å². The second-order valence-corrected chi connectivity index (χ2v) is 8.21. The highest BCUT2D eigenvalue weighted by molar-refractivity contribution is 7.10. The lowest BCUT2D eigenvalue weighted by Gasteiger charge is -2.25. The average molecular weight is 406 g/mol. The molecule has 1 N–H and O–H groups in total. The van der Waals surface area contributed by atoms with Gasteiger partial charge in [-0.3, -0.25) is 14.8 Å². The number of aromatic nitrogens is 2. The van der Waals surface area contributed by atoms with Crippen LogP contribution in [0.15, 0.2) is 66.0 Å². The Labute approximate surface area is 171 Å². The second-order valence-electron chi connectivity index (χ2n) is 6.80. The van der Waals surface area contributed by atoms with E-state index < -0.39 is 0 Å². The van der Waals surface area contributed by atoms with Gasteiger partial charge >= 0.3 is 0 Å². The van der Waals surface area contributed by atoms with E-state index in [1.807, 2.05) is 52.7 Å². The zero-order valence-electron chi connectivity index (χ0n) is 15.0. The molecule has 1 amide bonds. The van der Waals surface area contributed by atoms with Crippen LogP contribution in [-0.4, -0.2) is 16.1 Å². The zero-order chi connectivity index (χ0) is 19.3. The maximum Gasteiger partial charge on any atom is 0.277 e. The highest BCUT2D eigenvalue weighted by atomic mass is 35.5. The molecule has 2 aromatic carbocycles. The van der Waals surface area contributed by atoms with Crippen LogP contribution in [0.2, 0.25) is 5.02 Å². The lowest BCUT2D eigenvalue weighted by atomic mass is 10.00. The summed E-state index contributed by atoms with van der Waals surface area (Å²) >= 11 is 7.69. The number of thiophene rings is 1. The molecule has 1 aliphatic heterocycles. The van der Waals surface area contributed by atoms with Gasteiger partial charge in [0.1, 0.15) is 11.7 Å². The van der Waals surface area contributed by atoms with Gasteiger partial charge in [-0.15, -0.1) is 11.3 Å². The molecule has 4 nitrogen and oxygen atoms in total. The van der Waals surface area contributed by atoms with Gasteiger partial charge in [0.2, 0.25) is 0 Å². The number of benzene rings is 2. The highest BCUT2D eigenvalue weighted by Crippen LogP contribution is 2.46. The fourth-order valence-electron chi connectivity index (χ4n) is 3.66. The summed E-state index contributed by atoms with van der Waals surface area (Å²) in [5.74, 6) is -0.0819. The Morgan fingerprint density at radius 2 is 1.82 bits per heavy atom. The number of rotatable bonds is 3. The van der Waals surface area contributed by atoms with Crippen molar-refractivity contribution >= 4 is 34.5 Å². The fourth-order valence-corrected chi connectivity index (χ4v) is 4.61. The van der Waals surface area contributed by atoms with Gasteiger partial charge in [0.15, 0.2) is 0 Å². The van der Waals surface area contributed by atoms with Crippen molar-refractivity contribution in [3.05, 3.63) is 92.8 Å². The van der Waals surface area contributed by atoms with Gasteiger partial charge < -0.3 is 0 Å². The van der Waals surface area contributed by atoms with E-state index in [4.69, 9.17) is 11.6 Å². The molecule has 0 saturated heterocycles. The highest BCUT2D eigenvalue weighted by Gasteiger charge is 2.43. The number of carbonyl (C=O) groups is 1. The first-order chi connectivity index (χ1) is 13.6. The average Bonchev–Trinajstić information content (AvgIpc) is 3.42. The first kappa shape index (κ1) is 17.2. The number of H-pyrrole nitrogens is 1. The Hall–Kier alpha value is -2.89. The third-order valence-electron chi connectivity index (χ3n) is 5.01. The third-order valence-corrected chi connectivity index (χ3v) is 6.19. The number of nitrogens with zero attached hydrogens (tertiary/aromatic N) is 2. The molecule has 28 heavy (non-hydrogen) atoms. The number of aromatic amines is 1. The molecule has 0 unspecified atom stereocenters. The minimum atomic E-state index is -0.223. The minimum Gasteiger partial charge on any atom is -0.294 e. The molecule has 6 heteroatoms. The van der Waals surface area contributed by atoms with E-state index in [9.17, 15) is 4.79 Å². The van der Waals surface area contributed by atoms with E-state index >= 15 is 0 Å².